The zero-order valence-electron chi connectivity index (χ0n) is 23.2. The second kappa shape index (κ2) is 12.6. The van der Waals surface area contributed by atoms with Gasteiger partial charge >= 0.3 is 0 Å². The van der Waals surface area contributed by atoms with Crippen LogP contribution in [0.3, 0.4) is 0 Å². The van der Waals surface area contributed by atoms with E-state index in [9.17, 15) is 9.59 Å². The van der Waals surface area contributed by atoms with Crippen LogP contribution < -0.4 is 20.9 Å². The first-order valence-electron chi connectivity index (χ1n) is 14.1. The van der Waals surface area contributed by atoms with E-state index in [0.29, 0.717) is 37.2 Å². The van der Waals surface area contributed by atoms with Crippen LogP contribution in [-0.2, 0) is 20.9 Å². The molecular weight excluding hydrogens is 508 g/mol. The fourth-order valence-electron chi connectivity index (χ4n) is 5.18. The van der Waals surface area contributed by atoms with Gasteiger partial charge in [0.15, 0.2) is 5.65 Å². The summed E-state index contributed by atoms with van der Waals surface area (Å²) in [6.07, 6.45) is 7.68. The van der Waals surface area contributed by atoms with Crippen molar-refractivity contribution in [1.29, 1.82) is 0 Å². The van der Waals surface area contributed by atoms with Gasteiger partial charge in [-0.1, -0.05) is 39.0 Å². The summed E-state index contributed by atoms with van der Waals surface area (Å²) in [6.45, 7) is 10.4. The first kappa shape index (κ1) is 27.7. The van der Waals surface area contributed by atoms with Crippen LogP contribution in [0.25, 0.3) is 5.65 Å². The average Bonchev–Trinajstić information content (AvgIpc) is 3.42. The van der Waals surface area contributed by atoms with Gasteiger partial charge in [0.1, 0.15) is 0 Å². The van der Waals surface area contributed by atoms with E-state index < -0.39 is 5.91 Å². The first-order valence-corrected chi connectivity index (χ1v) is 14.1. The van der Waals surface area contributed by atoms with E-state index in [4.69, 9.17) is 14.7 Å². The van der Waals surface area contributed by atoms with E-state index in [1.807, 2.05) is 24.4 Å². The van der Waals surface area contributed by atoms with Gasteiger partial charge in [0.25, 0.3) is 11.8 Å². The summed E-state index contributed by atoms with van der Waals surface area (Å²) in [5, 5.41) is 14.6. The molecule has 212 valence electrons. The Kier molecular flexibility index (Phi) is 8.71. The fourth-order valence-corrected chi connectivity index (χ4v) is 5.18. The molecule has 2 atom stereocenters. The number of carbonyl (C=O) groups excluding carboxylic acids is 2. The standard InChI is InChI=1S/C29H38N8O3/c1-4-25(38)36(27(39)24-12-5-6-13-30-24)22-11-7-9-20(15-22)16-31-29-35-28(33-21-10-8-14-40-18-21)34-26-23(19(2)3)17-32-37(26)29/h4,7,9,11,15,17,19,21,24,30H,1,5-6,8,10,12-14,16,18H2,2-3H3,(H2,31,33,34,35)/t21-,24?/m0/s1. The first-order chi connectivity index (χ1) is 19.4. The lowest BCUT2D eigenvalue weighted by Gasteiger charge is -2.28. The van der Waals surface area contributed by atoms with Gasteiger partial charge in [-0.3, -0.25) is 9.59 Å². The van der Waals surface area contributed by atoms with E-state index in [-0.39, 0.29) is 23.9 Å². The number of imide groups is 1. The van der Waals surface area contributed by atoms with Gasteiger partial charge < -0.3 is 20.7 Å². The quantitative estimate of drug-likeness (QED) is 0.345. The lowest BCUT2D eigenvalue weighted by Crippen LogP contribution is -2.50. The van der Waals surface area contributed by atoms with Crippen LogP contribution in [0.4, 0.5) is 17.6 Å². The van der Waals surface area contributed by atoms with Crippen LogP contribution in [0.2, 0.25) is 0 Å². The summed E-state index contributed by atoms with van der Waals surface area (Å²) in [7, 11) is 0. The van der Waals surface area contributed by atoms with Crippen molar-refractivity contribution in [1.82, 2.24) is 24.9 Å². The van der Waals surface area contributed by atoms with Gasteiger partial charge in [0.2, 0.25) is 11.9 Å². The fraction of sp³-hybridized carbons (Fsp3) is 0.483. The van der Waals surface area contributed by atoms with Gasteiger partial charge in [0.05, 0.1) is 30.6 Å². The summed E-state index contributed by atoms with van der Waals surface area (Å²) in [5.41, 5.74) is 3.16. The second-order valence-corrected chi connectivity index (χ2v) is 10.7. The molecule has 0 bridgehead atoms. The van der Waals surface area contributed by atoms with Crippen molar-refractivity contribution in [3.8, 4) is 0 Å². The Morgan fingerprint density at radius 2 is 2.12 bits per heavy atom. The molecule has 0 radical (unpaired) electrons. The van der Waals surface area contributed by atoms with E-state index in [2.05, 4.69) is 41.5 Å². The predicted molar refractivity (Wildman–Crippen MR) is 154 cm³/mol. The molecule has 1 unspecified atom stereocenters. The molecule has 3 aromatic rings. The molecule has 5 rings (SSSR count). The number of hydrogen-bond acceptors (Lipinski definition) is 9. The summed E-state index contributed by atoms with van der Waals surface area (Å²) in [5.74, 6) is 0.609. The van der Waals surface area contributed by atoms with E-state index in [1.54, 1.807) is 10.6 Å². The monoisotopic (exact) mass is 546 g/mol. The molecule has 1 aromatic carbocycles. The maximum atomic E-state index is 13.3. The number of nitrogens with one attached hydrogen (secondary N) is 3. The number of rotatable bonds is 9. The smallest absolute Gasteiger partial charge is 0.257 e. The number of ether oxygens (including phenoxy) is 1. The minimum Gasteiger partial charge on any atom is -0.379 e. The van der Waals surface area contributed by atoms with Crippen LogP contribution in [-0.4, -0.2) is 63.2 Å². The Balaban J connectivity index is 1.39. The number of carbonyl (C=O) groups is 2. The second-order valence-electron chi connectivity index (χ2n) is 10.7. The SMILES string of the molecule is C=CC(=O)N(C(=O)C1CCCCN1)c1cccc(CNc2nc(N[C@H]3CCCOC3)nc3c(C(C)C)cnn23)c1. The molecule has 40 heavy (non-hydrogen) atoms. The van der Waals surface area contributed by atoms with Gasteiger partial charge in [-0.15, -0.1) is 0 Å². The zero-order valence-corrected chi connectivity index (χ0v) is 23.2. The molecule has 2 fully saturated rings. The zero-order chi connectivity index (χ0) is 28.1. The van der Waals surface area contributed by atoms with Crippen LogP contribution in [0.15, 0.2) is 43.1 Å². The highest BCUT2D eigenvalue weighted by molar-refractivity contribution is 6.20. The van der Waals surface area contributed by atoms with Crippen LogP contribution >= 0.6 is 0 Å². The molecule has 3 N–H and O–H groups in total. The Morgan fingerprint density at radius 1 is 1.25 bits per heavy atom. The number of aromatic nitrogens is 4. The molecule has 11 nitrogen and oxygen atoms in total. The van der Waals surface area contributed by atoms with Crippen molar-refractivity contribution >= 4 is 35.0 Å². The molecule has 4 heterocycles. The summed E-state index contributed by atoms with van der Waals surface area (Å²) < 4.78 is 7.34. The normalized spacial score (nSPS) is 19.4. The van der Waals surface area contributed by atoms with E-state index >= 15 is 0 Å². The summed E-state index contributed by atoms with van der Waals surface area (Å²) in [6, 6.07) is 7.16. The molecule has 2 saturated heterocycles. The Morgan fingerprint density at radius 3 is 2.85 bits per heavy atom. The molecule has 0 spiro atoms. The largest absolute Gasteiger partial charge is 0.379 e. The van der Waals surface area contributed by atoms with Crippen LogP contribution in [0.5, 0.6) is 0 Å². The number of hydrogen-bond donors (Lipinski definition) is 3. The Hall–Kier alpha value is -3.83. The molecular formula is C29H38N8O3. The minimum absolute atomic E-state index is 0.149. The topological polar surface area (TPSA) is 126 Å². The van der Waals surface area contributed by atoms with E-state index in [0.717, 1.165) is 55.6 Å². The Bertz CT molecular complexity index is 1360. The summed E-state index contributed by atoms with van der Waals surface area (Å²) in [4.78, 5) is 36.9. The van der Waals surface area contributed by atoms with Crippen LogP contribution in [0.1, 0.15) is 63.0 Å². The van der Waals surface area contributed by atoms with Crippen LogP contribution in [0, 0.1) is 0 Å². The molecule has 2 aromatic heterocycles. The van der Waals surface area contributed by atoms with E-state index in [1.165, 1.54) is 11.0 Å². The minimum atomic E-state index is -0.444. The third-order valence-corrected chi connectivity index (χ3v) is 7.35. The van der Waals surface area contributed by atoms with Crippen molar-refractivity contribution in [2.75, 3.05) is 35.3 Å². The summed E-state index contributed by atoms with van der Waals surface area (Å²) >= 11 is 0. The van der Waals surface area contributed by atoms with Gasteiger partial charge in [-0.05, 0) is 61.9 Å². The maximum Gasteiger partial charge on any atom is 0.257 e. The van der Waals surface area contributed by atoms with Gasteiger partial charge in [0, 0.05) is 18.7 Å². The molecule has 2 aliphatic rings. The number of fused-ring (bicyclic) bond motifs is 1. The third-order valence-electron chi connectivity index (χ3n) is 7.35. The number of piperidine rings is 1. The molecule has 2 amide bonds. The van der Waals surface area contributed by atoms with Crippen molar-refractivity contribution in [3.05, 3.63) is 54.2 Å². The maximum absolute atomic E-state index is 13.3. The molecule has 0 saturated carbocycles. The number of amides is 2. The lowest BCUT2D eigenvalue weighted by molar-refractivity contribution is -0.126. The lowest BCUT2D eigenvalue weighted by atomic mass is 10.0. The number of nitrogens with zero attached hydrogens (tertiary/aromatic N) is 5. The highest BCUT2D eigenvalue weighted by Gasteiger charge is 2.30. The average molecular weight is 547 g/mol. The highest BCUT2D eigenvalue weighted by Crippen LogP contribution is 2.24. The number of benzene rings is 1. The number of anilines is 3. The van der Waals surface area contributed by atoms with Gasteiger partial charge in [-0.2, -0.15) is 19.6 Å². The molecule has 0 aliphatic carbocycles. The van der Waals surface area contributed by atoms with Crippen molar-refractivity contribution in [3.63, 3.8) is 0 Å². The van der Waals surface area contributed by atoms with Gasteiger partial charge in [-0.25, -0.2) is 4.90 Å². The van der Waals surface area contributed by atoms with Crippen molar-refractivity contribution in [2.45, 2.75) is 70.5 Å². The highest BCUT2D eigenvalue weighted by atomic mass is 16.5. The van der Waals surface area contributed by atoms with Crippen molar-refractivity contribution in [2.24, 2.45) is 0 Å². The van der Waals surface area contributed by atoms with Crippen molar-refractivity contribution < 1.29 is 14.3 Å². The third kappa shape index (κ3) is 6.15. The molecule has 11 heteroatoms. The Labute approximate surface area is 234 Å². The molecule has 2 aliphatic heterocycles. The predicted octanol–water partition coefficient (Wildman–Crippen LogP) is 3.64.